The number of aliphatic hydroxyl groups excluding tert-OH is 1. The third-order valence-corrected chi connectivity index (χ3v) is 2.56. The summed E-state index contributed by atoms with van der Waals surface area (Å²) in [6.07, 6.45) is 1.89. The van der Waals surface area contributed by atoms with E-state index >= 15 is 0 Å². The van der Waals surface area contributed by atoms with Crippen molar-refractivity contribution in [3.63, 3.8) is 0 Å². The summed E-state index contributed by atoms with van der Waals surface area (Å²) in [6.45, 7) is 2.04. The Balaban J connectivity index is 2.44. The summed E-state index contributed by atoms with van der Waals surface area (Å²) in [6, 6.07) is 9.87. The summed E-state index contributed by atoms with van der Waals surface area (Å²) < 4.78 is 5.32. The van der Waals surface area contributed by atoms with Crippen molar-refractivity contribution in [3.8, 4) is 11.3 Å². The lowest BCUT2D eigenvalue weighted by atomic mass is 10.0. The van der Waals surface area contributed by atoms with Gasteiger partial charge in [-0.25, -0.2) is 0 Å². The second-order valence-electron chi connectivity index (χ2n) is 3.71. The molecule has 0 radical (unpaired) electrons. The van der Waals surface area contributed by atoms with Gasteiger partial charge < -0.3 is 9.63 Å². The molecule has 0 atom stereocenters. The molecule has 0 amide bonds. The minimum absolute atomic E-state index is 0.0638. The van der Waals surface area contributed by atoms with Crippen LogP contribution < -0.4 is 0 Å². The van der Waals surface area contributed by atoms with Crippen molar-refractivity contribution in [1.82, 2.24) is 5.16 Å². The Morgan fingerprint density at radius 3 is 2.62 bits per heavy atom. The largest absolute Gasteiger partial charge is 0.390 e. The van der Waals surface area contributed by atoms with Gasteiger partial charge in [-0.1, -0.05) is 48.8 Å². The van der Waals surface area contributed by atoms with E-state index in [1.54, 1.807) is 0 Å². The lowest BCUT2D eigenvalue weighted by Crippen LogP contribution is -1.92. The molecule has 3 nitrogen and oxygen atoms in total. The molecule has 0 fully saturated rings. The maximum absolute atomic E-state index is 9.18. The lowest BCUT2D eigenvalue weighted by molar-refractivity contribution is 0.266. The van der Waals surface area contributed by atoms with Crippen molar-refractivity contribution in [2.75, 3.05) is 0 Å². The SMILES string of the molecule is CCCc1c(CO)noc1-c1ccccc1. The molecular weight excluding hydrogens is 202 g/mol. The van der Waals surface area contributed by atoms with Gasteiger partial charge in [0.15, 0.2) is 5.76 Å². The Kier molecular flexibility index (Phi) is 3.37. The van der Waals surface area contributed by atoms with Crippen LogP contribution in [-0.4, -0.2) is 10.3 Å². The number of aromatic nitrogens is 1. The number of aliphatic hydroxyl groups is 1. The fraction of sp³-hybridized carbons (Fsp3) is 0.308. The Morgan fingerprint density at radius 2 is 2.00 bits per heavy atom. The molecule has 1 N–H and O–H groups in total. The molecule has 0 spiro atoms. The Morgan fingerprint density at radius 1 is 1.25 bits per heavy atom. The summed E-state index contributed by atoms with van der Waals surface area (Å²) in [5, 5.41) is 13.1. The molecule has 1 heterocycles. The highest BCUT2D eigenvalue weighted by Gasteiger charge is 2.15. The summed E-state index contributed by atoms with van der Waals surface area (Å²) in [5.41, 5.74) is 2.69. The van der Waals surface area contributed by atoms with Gasteiger partial charge in [-0.05, 0) is 6.42 Å². The number of nitrogens with zero attached hydrogens (tertiary/aromatic N) is 1. The van der Waals surface area contributed by atoms with Crippen molar-refractivity contribution >= 4 is 0 Å². The Labute approximate surface area is 94.7 Å². The van der Waals surface area contributed by atoms with E-state index in [4.69, 9.17) is 4.52 Å². The zero-order chi connectivity index (χ0) is 11.4. The molecule has 0 aliphatic rings. The van der Waals surface area contributed by atoms with E-state index in [0.717, 1.165) is 29.7 Å². The summed E-state index contributed by atoms with van der Waals surface area (Å²) in [7, 11) is 0. The van der Waals surface area contributed by atoms with Gasteiger partial charge in [0.1, 0.15) is 5.69 Å². The highest BCUT2D eigenvalue weighted by molar-refractivity contribution is 5.61. The quantitative estimate of drug-likeness (QED) is 0.856. The van der Waals surface area contributed by atoms with Crippen molar-refractivity contribution in [1.29, 1.82) is 0 Å². The van der Waals surface area contributed by atoms with Gasteiger partial charge in [0.05, 0.1) is 6.61 Å². The first-order valence-electron chi connectivity index (χ1n) is 5.50. The fourth-order valence-corrected chi connectivity index (χ4v) is 1.79. The van der Waals surface area contributed by atoms with Gasteiger partial charge in [-0.15, -0.1) is 0 Å². The molecule has 1 aromatic heterocycles. The van der Waals surface area contributed by atoms with Crippen molar-refractivity contribution < 1.29 is 9.63 Å². The molecule has 0 aliphatic heterocycles. The molecular formula is C13H15NO2. The van der Waals surface area contributed by atoms with E-state index in [0.29, 0.717) is 5.69 Å². The molecule has 0 saturated heterocycles. The molecule has 84 valence electrons. The summed E-state index contributed by atoms with van der Waals surface area (Å²) in [5.74, 6) is 0.784. The van der Waals surface area contributed by atoms with Crippen LogP contribution in [0.15, 0.2) is 34.9 Å². The molecule has 2 rings (SSSR count). The number of hydrogen-bond acceptors (Lipinski definition) is 3. The smallest absolute Gasteiger partial charge is 0.170 e. The summed E-state index contributed by atoms with van der Waals surface area (Å²) in [4.78, 5) is 0. The van der Waals surface area contributed by atoms with Crippen LogP contribution in [0.3, 0.4) is 0 Å². The third-order valence-electron chi connectivity index (χ3n) is 2.56. The maximum atomic E-state index is 9.18. The van der Waals surface area contributed by atoms with Gasteiger partial charge in [0.25, 0.3) is 0 Å². The molecule has 3 heteroatoms. The van der Waals surface area contributed by atoms with Crippen LogP contribution in [0.1, 0.15) is 24.6 Å². The first-order valence-corrected chi connectivity index (χ1v) is 5.50. The number of rotatable bonds is 4. The topological polar surface area (TPSA) is 46.3 Å². The van der Waals surface area contributed by atoms with Gasteiger partial charge >= 0.3 is 0 Å². The monoisotopic (exact) mass is 217 g/mol. The van der Waals surface area contributed by atoms with Gasteiger partial charge in [-0.2, -0.15) is 0 Å². The molecule has 2 aromatic rings. The molecule has 0 unspecified atom stereocenters. The van der Waals surface area contributed by atoms with Crippen LogP contribution in [0, 0.1) is 0 Å². The second kappa shape index (κ2) is 4.94. The van der Waals surface area contributed by atoms with E-state index < -0.39 is 0 Å². The first-order chi connectivity index (χ1) is 7.86. The Bertz CT molecular complexity index is 448. The van der Waals surface area contributed by atoms with Crippen LogP contribution in [0.5, 0.6) is 0 Å². The molecule has 16 heavy (non-hydrogen) atoms. The Hall–Kier alpha value is -1.61. The van der Waals surface area contributed by atoms with Crippen molar-refractivity contribution in [2.24, 2.45) is 0 Å². The number of hydrogen-bond donors (Lipinski definition) is 1. The minimum Gasteiger partial charge on any atom is -0.390 e. The first kappa shape index (κ1) is 10.9. The summed E-state index contributed by atoms with van der Waals surface area (Å²) >= 11 is 0. The van der Waals surface area contributed by atoms with E-state index in [2.05, 4.69) is 12.1 Å². The standard InChI is InChI=1S/C13H15NO2/c1-2-6-11-12(9-15)14-16-13(11)10-7-4-3-5-8-10/h3-5,7-8,15H,2,6,9H2,1H3. The lowest BCUT2D eigenvalue weighted by Gasteiger charge is -2.00. The van der Waals surface area contributed by atoms with Crippen LogP contribution in [0.4, 0.5) is 0 Å². The average molecular weight is 217 g/mol. The van der Waals surface area contributed by atoms with Crippen LogP contribution in [0.2, 0.25) is 0 Å². The van der Waals surface area contributed by atoms with Crippen molar-refractivity contribution in [3.05, 3.63) is 41.6 Å². The van der Waals surface area contributed by atoms with Gasteiger partial charge in [-0.3, -0.25) is 0 Å². The second-order valence-corrected chi connectivity index (χ2v) is 3.71. The highest BCUT2D eigenvalue weighted by atomic mass is 16.5. The highest BCUT2D eigenvalue weighted by Crippen LogP contribution is 2.27. The van der Waals surface area contributed by atoms with Crippen molar-refractivity contribution in [2.45, 2.75) is 26.4 Å². The van der Waals surface area contributed by atoms with Crippen LogP contribution in [-0.2, 0) is 13.0 Å². The average Bonchev–Trinajstić information content (AvgIpc) is 2.74. The normalized spacial score (nSPS) is 10.6. The molecule has 0 aliphatic carbocycles. The van der Waals surface area contributed by atoms with E-state index in [9.17, 15) is 5.11 Å². The molecule has 0 saturated carbocycles. The predicted molar refractivity (Wildman–Crippen MR) is 61.9 cm³/mol. The van der Waals surface area contributed by atoms with Crippen LogP contribution >= 0.6 is 0 Å². The van der Waals surface area contributed by atoms with Gasteiger partial charge in [0, 0.05) is 11.1 Å². The molecule has 0 bridgehead atoms. The molecule has 1 aromatic carbocycles. The maximum Gasteiger partial charge on any atom is 0.170 e. The van der Waals surface area contributed by atoms with E-state index in [-0.39, 0.29) is 6.61 Å². The fourth-order valence-electron chi connectivity index (χ4n) is 1.79. The van der Waals surface area contributed by atoms with E-state index in [1.165, 1.54) is 0 Å². The zero-order valence-electron chi connectivity index (χ0n) is 9.31. The minimum atomic E-state index is -0.0638. The van der Waals surface area contributed by atoms with E-state index in [1.807, 2.05) is 30.3 Å². The number of benzene rings is 1. The predicted octanol–water partition coefficient (Wildman–Crippen LogP) is 2.79. The third kappa shape index (κ3) is 1.99. The van der Waals surface area contributed by atoms with Gasteiger partial charge in [0.2, 0.25) is 0 Å². The van der Waals surface area contributed by atoms with Crippen LogP contribution in [0.25, 0.3) is 11.3 Å². The zero-order valence-corrected chi connectivity index (χ0v) is 9.31.